The van der Waals surface area contributed by atoms with Crippen molar-refractivity contribution < 1.29 is 14.3 Å². The second-order valence-electron chi connectivity index (χ2n) is 9.68. The van der Waals surface area contributed by atoms with Crippen LogP contribution in [0.1, 0.15) is 33.2 Å². The van der Waals surface area contributed by atoms with Crippen LogP contribution in [0.5, 0.6) is 5.75 Å². The van der Waals surface area contributed by atoms with E-state index in [1.807, 2.05) is 47.4 Å². The molecule has 0 unspecified atom stereocenters. The second-order valence-corrected chi connectivity index (χ2v) is 9.68. The van der Waals surface area contributed by atoms with E-state index in [1.54, 1.807) is 7.11 Å². The molecule has 1 aliphatic heterocycles. The van der Waals surface area contributed by atoms with E-state index in [4.69, 9.17) is 9.47 Å². The topological polar surface area (TPSA) is 42.0 Å². The second kappa shape index (κ2) is 11.6. The van der Waals surface area contributed by atoms with Crippen LogP contribution in [-0.2, 0) is 11.3 Å². The summed E-state index contributed by atoms with van der Waals surface area (Å²) in [7, 11) is 1.69. The van der Waals surface area contributed by atoms with Crippen molar-refractivity contribution in [3.63, 3.8) is 0 Å². The van der Waals surface area contributed by atoms with Crippen LogP contribution in [0.4, 0.5) is 0 Å². The fourth-order valence-corrected chi connectivity index (χ4v) is 4.93. The van der Waals surface area contributed by atoms with Gasteiger partial charge in [0.05, 0.1) is 19.8 Å². The molecule has 5 heteroatoms. The molecule has 0 aromatic heterocycles. The first-order chi connectivity index (χ1) is 18.1. The minimum Gasteiger partial charge on any atom is -0.497 e. The Kier molecular flexibility index (Phi) is 7.83. The van der Waals surface area contributed by atoms with Gasteiger partial charge in [-0.05, 0) is 47.0 Å². The van der Waals surface area contributed by atoms with Gasteiger partial charge in [-0.25, -0.2) is 0 Å². The highest BCUT2D eigenvalue weighted by Gasteiger charge is 2.26. The Morgan fingerprint density at radius 1 is 0.865 bits per heavy atom. The van der Waals surface area contributed by atoms with Gasteiger partial charge in [-0.1, -0.05) is 78.4 Å². The fourth-order valence-electron chi connectivity index (χ4n) is 4.93. The summed E-state index contributed by atoms with van der Waals surface area (Å²) in [4.78, 5) is 17.8. The highest BCUT2D eigenvalue weighted by Crippen LogP contribution is 2.26. The normalized spacial score (nSPS) is 15.0. The van der Waals surface area contributed by atoms with Crippen LogP contribution in [0.25, 0.3) is 10.8 Å². The number of aryl methyl sites for hydroxylation is 1. The molecule has 190 valence electrons. The van der Waals surface area contributed by atoms with Crippen LogP contribution in [0.3, 0.4) is 0 Å². The molecule has 1 aliphatic rings. The standard InChI is InChI=1S/C32H34N2O3/c1-24-13-15-25(16-14-24)23-37-31(27-9-5-10-28(21-27)36-2)22-33-17-19-34(20-18-33)32(35)30-12-6-8-26-7-3-4-11-29(26)30/h3-16,21,31H,17-20,22-23H2,1-2H3/t31-/m1/s1. The molecule has 0 radical (unpaired) electrons. The number of benzene rings is 4. The minimum absolute atomic E-state index is 0.100. The zero-order chi connectivity index (χ0) is 25.6. The third-order valence-electron chi connectivity index (χ3n) is 7.14. The Morgan fingerprint density at radius 2 is 1.59 bits per heavy atom. The molecule has 4 aromatic carbocycles. The van der Waals surface area contributed by atoms with Crippen LogP contribution in [0.15, 0.2) is 91.0 Å². The summed E-state index contributed by atoms with van der Waals surface area (Å²) in [5, 5.41) is 2.11. The summed E-state index contributed by atoms with van der Waals surface area (Å²) in [5.41, 5.74) is 4.27. The van der Waals surface area contributed by atoms with Crippen molar-refractivity contribution in [3.8, 4) is 5.75 Å². The number of carbonyl (C=O) groups is 1. The average molecular weight is 495 g/mol. The minimum atomic E-state index is -0.100. The van der Waals surface area contributed by atoms with Crippen molar-refractivity contribution in [2.45, 2.75) is 19.6 Å². The predicted molar refractivity (Wildman–Crippen MR) is 148 cm³/mol. The van der Waals surface area contributed by atoms with Crippen LogP contribution in [0.2, 0.25) is 0 Å². The van der Waals surface area contributed by atoms with Crippen molar-refractivity contribution in [2.75, 3.05) is 39.8 Å². The van der Waals surface area contributed by atoms with E-state index in [2.05, 4.69) is 60.4 Å². The van der Waals surface area contributed by atoms with Crippen molar-refractivity contribution in [1.82, 2.24) is 9.80 Å². The molecule has 1 saturated heterocycles. The smallest absolute Gasteiger partial charge is 0.254 e. The van der Waals surface area contributed by atoms with E-state index in [0.29, 0.717) is 19.7 Å². The Labute approximate surface area is 219 Å². The molecule has 4 aromatic rings. The van der Waals surface area contributed by atoms with Gasteiger partial charge in [0.15, 0.2) is 0 Å². The van der Waals surface area contributed by atoms with Crippen molar-refractivity contribution in [1.29, 1.82) is 0 Å². The lowest BCUT2D eigenvalue weighted by atomic mass is 10.0. The van der Waals surface area contributed by atoms with Gasteiger partial charge in [0.1, 0.15) is 5.75 Å². The molecule has 1 fully saturated rings. The van der Waals surface area contributed by atoms with Crippen molar-refractivity contribution >= 4 is 16.7 Å². The Balaban J connectivity index is 1.25. The van der Waals surface area contributed by atoms with Crippen LogP contribution >= 0.6 is 0 Å². The number of amides is 1. The van der Waals surface area contributed by atoms with Crippen LogP contribution in [-0.4, -0.2) is 55.5 Å². The molecule has 5 nitrogen and oxygen atoms in total. The van der Waals surface area contributed by atoms with Gasteiger partial charge in [0.2, 0.25) is 0 Å². The van der Waals surface area contributed by atoms with E-state index in [9.17, 15) is 4.79 Å². The van der Waals surface area contributed by atoms with Crippen molar-refractivity contribution in [3.05, 3.63) is 113 Å². The number of ether oxygens (including phenoxy) is 2. The lowest BCUT2D eigenvalue weighted by molar-refractivity contribution is 0.00335. The fraction of sp³-hybridized carbons (Fsp3) is 0.281. The zero-order valence-electron chi connectivity index (χ0n) is 21.6. The molecule has 5 rings (SSSR count). The van der Waals surface area contributed by atoms with Gasteiger partial charge >= 0.3 is 0 Å². The maximum Gasteiger partial charge on any atom is 0.254 e. The SMILES string of the molecule is COc1cccc([C@@H](CN2CCN(C(=O)c3cccc4ccccc34)CC2)OCc2ccc(C)cc2)c1. The first kappa shape index (κ1) is 25.0. The number of hydrogen-bond acceptors (Lipinski definition) is 4. The van der Waals surface area contributed by atoms with E-state index in [1.165, 1.54) is 5.56 Å². The molecular formula is C32H34N2O3. The summed E-state index contributed by atoms with van der Waals surface area (Å²) in [6.07, 6.45) is -0.100. The molecular weight excluding hydrogens is 460 g/mol. The first-order valence-corrected chi connectivity index (χ1v) is 12.9. The van der Waals surface area contributed by atoms with Gasteiger partial charge in [-0.3, -0.25) is 9.69 Å². The maximum atomic E-state index is 13.4. The largest absolute Gasteiger partial charge is 0.497 e. The summed E-state index contributed by atoms with van der Waals surface area (Å²) in [6, 6.07) is 30.6. The summed E-state index contributed by atoms with van der Waals surface area (Å²) >= 11 is 0. The number of methoxy groups -OCH3 is 1. The van der Waals surface area contributed by atoms with Crippen molar-refractivity contribution in [2.24, 2.45) is 0 Å². The molecule has 1 amide bonds. The van der Waals surface area contributed by atoms with Gasteiger partial charge in [0.25, 0.3) is 5.91 Å². The Morgan fingerprint density at radius 3 is 2.38 bits per heavy atom. The lowest BCUT2D eigenvalue weighted by Crippen LogP contribution is -2.49. The van der Waals surface area contributed by atoms with Gasteiger partial charge in [-0.2, -0.15) is 0 Å². The van der Waals surface area contributed by atoms with E-state index in [-0.39, 0.29) is 12.0 Å². The number of fused-ring (bicyclic) bond motifs is 1. The number of hydrogen-bond donors (Lipinski definition) is 0. The molecule has 0 spiro atoms. The molecule has 1 heterocycles. The van der Waals surface area contributed by atoms with Gasteiger partial charge in [-0.15, -0.1) is 0 Å². The van der Waals surface area contributed by atoms with E-state index < -0.39 is 0 Å². The Hall–Kier alpha value is -3.67. The molecule has 0 saturated carbocycles. The number of carbonyl (C=O) groups excluding carboxylic acids is 1. The highest BCUT2D eigenvalue weighted by molar-refractivity contribution is 6.07. The summed E-state index contributed by atoms with van der Waals surface area (Å²) in [6.45, 7) is 6.41. The van der Waals surface area contributed by atoms with Crippen LogP contribution in [0, 0.1) is 6.92 Å². The predicted octanol–water partition coefficient (Wildman–Crippen LogP) is 5.87. The number of rotatable bonds is 8. The third-order valence-corrected chi connectivity index (χ3v) is 7.14. The summed E-state index contributed by atoms with van der Waals surface area (Å²) < 4.78 is 11.9. The average Bonchev–Trinajstić information content (AvgIpc) is 2.96. The highest BCUT2D eigenvalue weighted by atomic mass is 16.5. The summed E-state index contributed by atoms with van der Waals surface area (Å²) in [5.74, 6) is 0.934. The zero-order valence-corrected chi connectivity index (χ0v) is 21.6. The number of nitrogens with zero attached hydrogens (tertiary/aromatic N) is 2. The molecule has 1 atom stereocenters. The number of piperazine rings is 1. The first-order valence-electron chi connectivity index (χ1n) is 12.9. The van der Waals surface area contributed by atoms with E-state index >= 15 is 0 Å². The van der Waals surface area contributed by atoms with Gasteiger partial charge < -0.3 is 14.4 Å². The maximum absolute atomic E-state index is 13.4. The molecule has 0 N–H and O–H groups in total. The lowest BCUT2D eigenvalue weighted by Gasteiger charge is -2.36. The quantitative estimate of drug-likeness (QED) is 0.307. The monoisotopic (exact) mass is 494 g/mol. The van der Waals surface area contributed by atoms with Gasteiger partial charge in [0, 0.05) is 38.3 Å². The molecule has 37 heavy (non-hydrogen) atoms. The third kappa shape index (κ3) is 6.01. The van der Waals surface area contributed by atoms with E-state index in [0.717, 1.165) is 52.8 Å². The molecule has 0 aliphatic carbocycles. The van der Waals surface area contributed by atoms with Crippen LogP contribution < -0.4 is 4.74 Å². The Bertz CT molecular complexity index is 1340. The molecule has 0 bridgehead atoms.